The molecule has 0 aliphatic heterocycles. The molecule has 2 aromatic heterocycles. The lowest BCUT2D eigenvalue weighted by Gasteiger charge is -2.07. The Labute approximate surface area is 163 Å². The summed E-state index contributed by atoms with van der Waals surface area (Å²) in [4.78, 5) is 29.3. The molecule has 2 amide bonds. The molecular formula is C18H13Cl2N3O2S. The predicted molar refractivity (Wildman–Crippen MR) is 105 cm³/mol. The largest absolute Gasteiger partial charge is 0.365 e. The van der Waals surface area contributed by atoms with Crippen LogP contribution >= 0.6 is 34.5 Å². The van der Waals surface area contributed by atoms with Crippen LogP contribution in [0.4, 0.5) is 5.00 Å². The van der Waals surface area contributed by atoms with Gasteiger partial charge in [0.2, 0.25) is 0 Å². The van der Waals surface area contributed by atoms with Crippen LogP contribution in [-0.2, 0) is 0 Å². The Hall–Kier alpha value is -2.41. The second kappa shape index (κ2) is 7.45. The zero-order valence-corrected chi connectivity index (χ0v) is 15.9. The summed E-state index contributed by atoms with van der Waals surface area (Å²) >= 11 is 13.0. The van der Waals surface area contributed by atoms with Gasteiger partial charge < -0.3 is 11.1 Å². The zero-order chi connectivity index (χ0) is 18.8. The van der Waals surface area contributed by atoms with Gasteiger partial charge in [-0.05, 0) is 18.6 Å². The topological polar surface area (TPSA) is 85.1 Å². The second-order valence-electron chi connectivity index (χ2n) is 5.42. The molecule has 3 aromatic rings. The maximum atomic E-state index is 12.5. The summed E-state index contributed by atoms with van der Waals surface area (Å²) in [6.45, 7) is 1.87. The van der Waals surface area contributed by atoms with Gasteiger partial charge in [0.05, 0.1) is 16.1 Å². The number of carbonyl (C=O) groups excluding carboxylic acids is 2. The fourth-order valence-electron chi connectivity index (χ4n) is 2.54. The maximum Gasteiger partial charge on any atom is 0.257 e. The van der Waals surface area contributed by atoms with Gasteiger partial charge in [0.1, 0.15) is 10.2 Å². The van der Waals surface area contributed by atoms with E-state index in [9.17, 15) is 9.59 Å². The summed E-state index contributed by atoms with van der Waals surface area (Å²) in [5, 5.41) is 3.38. The van der Waals surface area contributed by atoms with Crippen molar-refractivity contribution in [3.05, 3.63) is 68.8 Å². The Morgan fingerprint density at radius 3 is 2.50 bits per heavy atom. The molecular weight excluding hydrogens is 393 g/mol. The van der Waals surface area contributed by atoms with E-state index in [2.05, 4.69) is 10.3 Å². The quantitative estimate of drug-likeness (QED) is 0.612. The van der Waals surface area contributed by atoms with Crippen molar-refractivity contribution in [1.82, 2.24) is 4.98 Å². The average Bonchev–Trinajstić information content (AvgIpc) is 2.94. The smallest absolute Gasteiger partial charge is 0.257 e. The molecule has 0 bridgehead atoms. The van der Waals surface area contributed by atoms with E-state index in [-0.39, 0.29) is 21.3 Å². The van der Waals surface area contributed by atoms with Crippen LogP contribution in [-0.4, -0.2) is 16.8 Å². The minimum atomic E-state index is -0.615. The first-order valence-corrected chi connectivity index (χ1v) is 9.06. The number of nitrogens with two attached hydrogens (primary N) is 1. The molecule has 3 rings (SSSR count). The lowest BCUT2D eigenvalue weighted by molar-refractivity contribution is 0.100. The number of aromatic nitrogens is 1. The molecule has 8 heteroatoms. The number of carbonyl (C=O) groups is 2. The van der Waals surface area contributed by atoms with Gasteiger partial charge >= 0.3 is 0 Å². The Bertz CT molecular complexity index is 1000. The van der Waals surface area contributed by atoms with Crippen LogP contribution in [0.15, 0.2) is 42.6 Å². The fraction of sp³-hybridized carbons (Fsp3) is 0.0556. The molecule has 26 heavy (non-hydrogen) atoms. The Balaban J connectivity index is 2.02. The van der Waals surface area contributed by atoms with Gasteiger partial charge in [-0.25, -0.2) is 4.98 Å². The number of thiophene rings is 1. The summed E-state index contributed by atoms with van der Waals surface area (Å²) < 4.78 is 0. The number of aryl methyl sites for hydroxylation is 1. The third-order valence-corrected chi connectivity index (χ3v) is 5.39. The molecule has 0 radical (unpaired) electrons. The summed E-state index contributed by atoms with van der Waals surface area (Å²) in [6.07, 6.45) is 1.31. The number of amides is 2. The number of nitrogens with one attached hydrogen (secondary N) is 1. The highest BCUT2D eigenvalue weighted by molar-refractivity contribution is 7.17. The zero-order valence-electron chi connectivity index (χ0n) is 13.5. The number of halogens is 2. The van der Waals surface area contributed by atoms with Gasteiger partial charge in [-0.15, -0.1) is 11.3 Å². The molecule has 5 nitrogen and oxygen atoms in total. The van der Waals surface area contributed by atoms with Crippen LogP contribution in [0.2, 0.25) is 10.2 Å². The van der Waals surface area contributed by atoms with E-state index in [0.717, 1.165) is 10.4 Å². The number of hydrogen-bond donors (Lipinski definition) is 2. The highest BCUT2D eigenvalue weighted by Crippen LogP contribution is 2.39. The minimum absolute atomic E-state index is 0.111. The number of hydrogen-bond acceptors (Lipinski definition) is 4. The van der Waals surface area contributed by atoms with Gasteiger partial charge in [0.15, 0.2) is 0 Å². The van der Waals surface area contributed by atoms with Crippen molar-refractivity contribution < 1.29 is 9.59 Å². The minimum Gasteiger partial charge on any atom is -0.365 e. The highest BCUT2D eigenvalue weighted by Gasteiger charge is 2.23. The first kappa shape index (κ1) is 18.4. The molecule has 0 spiro atoms. The summed E-state index contributed by atoms with van der Waals surface area (Å²) in [6, 6.07) is 10.8. The third kappa shape index (κ3) is 3.58. The Morgan fingerprint density at radius 1 is 1.19 bits per heavy atom. The summed E-state index contributed by atoms with van der Waals surface area (Å²) in [5.41, 5.74) is 7.66. The number of primary amides is 1. The molecule has 0 saturated heterocycles. The number of anilines is 1. The van der Waals surface area contributed by atoms with E-state index < -0.39 is 11.8 Å². The van der Waals surface area contributed by atoms with E-state index in [1.54, 1.807) is 0 Å². The van der Waals surface area contributed by atoms with Crippen molar-refractivity contribution in [2.24, 2.45) is 5.73 Å². The van der Waals surface area contributed by atoms with E-state index in [1.807, 2.05) is 37.3 Å². The second-order valence-corrected chi connectivity index (χ2v) is 7.41. The normalized spacial score (nSPS) is 10.6. The van der Waals surface area contributed by atoms with Gasteiger partial charge in [-0.3, -0.25) is 9.59 Å². The monoisotopic (exact) mass is 405 g/mol. The molecule has 0 aliphatic carbocycles. The van der Waals surface area contributed by atoms with Crippen molar-refractivity contribution in [3.8, 4) is 11.1 Å². The standard InChI is InChI=1S/C18H13Cl2N3O2S/c1-9-13(10-5-3-2-4-6-10)14(16(21)24)18(26-9)23-17(25)11-7-12(19)15(20)22-8-11/h2-8H,1H3,(H2,21,24)(H,23,25). The molecule has 0 fully saturated rings. The summed E-state index contributed by atoms with van der Waals surface area (Å²) in [7, 11) is 0. The maximum absolute atomic E-state index is 12.5. The van der Waals surface area contributed by atoms with Crippen LogP contribution in [0.25, 0.3) is 11.1 Å². The van der Waals surface area contributed by atoms with Gasteiger partial charge in [0, 0.05) is 16.6 Å². The Kier molecular flexibility index (Phi) is 5.27. The molecule has 132 valence electrons. The SMILES string of the molecule is Cc1sc(NC(=O)c2cnc(Cl)c(Cl)c2)c(C(N)=O)c1-c1ccccc1. The number of pyridine rings is 1. The van der Waals surface area contributed by atoms with Crippen LogP contribution in [0, 0.1) is 6.92 Å². The van der Waals surface area contributed by atoms with Crippen LogP contribution < -0.4 is 11.1 Å². The lowest BCUT2D eigenvalue weighted by Crippen LogP contribution is -2.17. The van der Waals surface area contributed by atoms with Crippen molar-refractivity contribution >= 4 is 51.4 Å². The van der Waals surface area contributed by atoms with E-state index in [0.29, 0.717) is 10.6 Å². The van der Waals surface area contributed by atoms with Crippen molar-refractivity contribution in [1.29, 1.82) is 0 Å². The predicted octanol–water partition coefficient (Wildman–Crippen LogP) is 4.78. The number of rotatable bonds is 4. The van der Waals surface area contributed by atoms with Crippen molar-refractivity contribution in [2.45, 2.75) is 6.92 Å². The first-order valence-electron chi connectivity index (χ1n) is 7.49. The van der Waals surface area contributed by atoms with E-state index in [4.69, 9.17) is 28.9 Å². The molecule has 1 aromatic carbocycles. The molecule has 0 unspecified atom stereocenters. The van der Waals surface area contributed by atoms with Crippen molar-refractivity contribution in [2.75, 3.05) is 5.32 Å². The lowest BCUT2D eigenvalue weighted by atomic mass is 10.0. The van der Waals surface area contributed by atoms with Gasteiger partial charge in [-0.1, -0.05) is 53.5 Å². The van der Waals surface area contributed by atoms with Crippen molar-refractivity contribution in [3.63, 3.8) is 0 Å². The molecule has 0 aliphatic rings. The molecule has 3 N–H and O–H groups in total. The fourth-order valence-corrected chi connectivity index (χ4v) is 3.89. The highest BCUT2D eigenvalue weighted by atomic mass is 35.5. The number of nitrogens with zero attached hydrogens (tertiary/aromatic N) is 1. The third-order valence-electron chi connectivity index (χ3n) is 3.68. The van der Waals surface area contributed by atoms with Crippen LogP contribution in [0.5, 0.6) is 0 Å². The molecule has 0 atom stereocenters. The van der Waals surface area contributed by atoms with E-state index in [1.165, 1.54) is 23.6 Å². The first-order chi connectivity index (χ1) is 12.4. The number of benzene rings is 1. The average molecular weight is 406 g/mol. The van der Waals surface area contributed by atoms with Crippen LogP contribution in [0.1, 0.15) is 25.6 Å². The van der Waals surface area contributed by atoms with Gasteiger partial charge in [-0.2, -0.15) is 0 Å². The molecule has 0 saturated carbocycles. The molecule has 2 heterocycles. The van der Waals surface area contributed by atoms with Gasteiger partial charge in [0.25, 0.3) is 11.8 Å². The van der Waals surface area contributed by atoms with Crippen LogP contribution in [0.3, 0.4) is 0 Å². The summed E-state index contributed by atoms with van der Waals surface area (Å²) in [5.74, 6) is -1.07. The van der Waals surface area contributed by atoms with E-state index >= 15 is 0 Å². The Morgan fingerprint density at radius 2 is 1.88 bits per heavy atom.